The van der Waals surface area contributed by atoms with Crippen LogP contribution in [-0.2, 0) is 14.8 Å². The number of pyridine rings is 1. The van der Waals surface area contributed by atoms with Crippen LogP contribution in [0, 0.1) is 5.92 Å². The van der Waals surface area contributed by atoms with E-state index in [1.54, 1.807) is 0 Å². The van der Waals surface area contributed by atoms with Crippen molar-refractivity contribution in [1.29, 1.82) is 0 Å². The lowest BCUT2D eigenvalue weighted by Crippen LogP contribution is -2.41. The Morgan fingerprint density at radius 3 is 2.58 bits per heavy atom. The maximum atomic E-state index is 12.0. The van der Waals surface area contributed by atoms with Gasteiger partial charge in [0.05, 0.1) is 0 Å². The van der Waals surface area contributed by atoms with Crippen LogP contribution >= 0.6 is 15.9 Å². The molecule has 1 atom stereocenters. The lowest BCUT2D eigenvalue weighted by Gasteiger charge is -2.16. The average Bonchev–Trinajstić information content (AvgIpc) is 2.27. The highest BCUT2D eigenvalue weighted by Crippen LogP contribution is 2.15. The number of carboxylic acids is 1. The van der Waals surface area contributed by atoms with Crippen LogP contribution in [0.25, 0.3) is 0 Å². The van der Waals surface area contributed by atoms with Crippen LogP contribution in [0.2, 0.25) is 0 Å². The molecule has 0 aliphatic rings. The number of aliphatic carboxylic acids is 1. The largest absolute Gasteiger partial charge is 0.480 e. The number of aromatic nitrogens is 1. The molecule has 19 heavy (non-hydrogen) atoms. The third-order valence-electron chi connectivity index (χ3n) is 2.29. The highest BCUT2D eigenvalue weighted by atomic mass is 79.9. The Morgan fingerprint density at radius 1 is 1.47 bits per heavy atom. The first-order chi connectivity index (χ1) is 8.72. The minimum Gasteiger partial charge on any atom is -0.480 e. The molecule has 0 aliphatic carbocycles. The second-order valence-electron chi connectivity index (χ2n) is 4.48. The summed E-state index contributed by atoms with van der Waals surface area (Å²) in [6, 6.07) is 0.216. The molecule has 0 aromatic carbocycles. The second-order valence-corrected chi connectivity index (χ2v) is 7.11. The monoisotopic (exact) mass is 350 g/mol. The van der Waals surface area contributed by atoms with E-state index >= 15 is 0 Å². The summed E-state index contributed by atoms with van der Waals surface area (Å²) in [6.07, 6.45) is 2.83. The molecule has 106 valence electrons. The first kappa shape index (κ1) is 16.1. The average molecular weight is 351 g/mol. The van der Waals surface area contributed by atoms with Gasteiger partial charge in [0.15, 0.2) is 0 Å². The topological polar surface area (TPSA) is 96.4 Å². The van der Waals surface area contributed by atoms with Gasteiger partial charge in [-0.2, -0.15) is 4.72 Å². The molecule has 0 unspecified atom stereocenters. The molecule has 0 bridgehead atoms. The van der Waals surface area contributed by atoms with Crippen molar-refractivity contribution in [1.82, 2.24) is 9.71 Å². The maximum Gasteiger partial charge on any atom is 0.321 e. The maximum absolute atomic E-state index is 12.0. The van der Waals surface area contributed by atoms with Gasteiger partial charge in [0.2, 0.25) is 10.0 Å². The van der Waals surface area contributed by atoms with E-state index < -0.39 is 22.0 Å². The van der Waals surface area contributed by atoms with Crippen molar-refractivity contribution in [2.45, 2.75) is 31.2 Å². The zero-order valence-electron chi connectivity index (χ0n) is 10.5. The fourth-order valence-corrected chi connectivity index (χ4v) is 3.17. The molecule has 1 aromatic heterocycles. The van der Waals surface area contributed by atoms with Gasteiger partial charge in [0.25, 0.3) is 0 Å². The Morgan fingerprint density at radius 2 is 2.11 bits per heavy atom. The quantitative estimate of drug-likeness (QED) is 0.812. The summed E-state index contributed by atoms with van der Waals surface area (Å²) < 4.78 is 26.8. The number of hydrogen-bond donors (Lipinski definition) is 2. The van der Waals surface area contributed by atoms with E-state index in [0.29, 0.717) is 4.47 Å². The summed E-state index contributed by atoms with van der Waals surface area (Å²) in [5.41, 5.74) is 0. The van der Waals surface area contributed by atoms with Crippen molar-refractivity contribution in [3.05, 3.63) is 22.9 Å². The lowest BCUT2D eigenvalue weighted by atomic mass is 10.1. The molecule has 0 radical (unpaired) electrons. The van der Waals surface area contributed by atoms with E-state index in [2.05, 4.69) is 25.6 Å². The molecule has 0 saturated carbocycles. The minimum atomic E-state index is -3.90. The summed E-state index contributed by atoms with van der Waals surface area (Å²) in [7, 11) is -3.90. The fourth-order valence-electron chi connectivity index (χ4n) is 1.47. The number of hydrogen-bond acceptors (Lipinski definition) is 4. The van der Waals surface area contributed by atoms with E-state index in [1.165, 1.54) is 18.5 Å². The summed E-state index contributed by atoms with van der Waals surface area (Å²) in [6.45, 7) is 3.65. The van der Waals surface area contributed by atoms with Crippen LogP contribution in [0.4, 0.5) is 0 Å². The fraction of sp³-hybridized carbons (Fsp3) is 0.455. The Balaban J connectivity index is 2.97. The standard InChI is InChI=1S/C11H15BrN2O4S/c1-7(2)3-10(11(15)16)14-19(17,18)9-4-8(12)5-13-6-9/h4-7,10,14H,3H2,1-2H3,(H,15,16)/t10-/m0/s1. The molecular formula is C11H15BrN2O4S. The summed E-state index contributed by atoms with van der Waals surface area (Å²) in [5.74, 6) is -1.13. The number of rotatable bonds is 6. The first-order valence-electron chi connectivity index (χ1n) is 5.58. The summed E-state index contributed by atoms with van der Waals surface area (Å²) >= 11 is 3.12. The number of sulfonamides is 1. The van der Waals surface area contributed by atoms with E-state index in [1.807, 2.05) is 13.8 Å². The van der Waals surface area contributed by atoms with Crippen LogP contribution in [-0.4, -0.2) is 30.5 Å². The molecule has 0 aliphatic heterocycles. The third-order valence-corrected chi connectivity index (χ3v) is 4.17. The second kappa shape index (κ2) is 6.44. The van der Waals surface area contributed by atoms with Gasteiger partial charge in [-0.05, 0) is 34.3 Å². The van der Waals surface area contributed by atoms with Crippen LogP contribution in [0.5, 0.6) is 0 Å². The van der Waals surface area contributed by atoms with Crippen LogP contribution in [0.1, 0.15) is 20.3 Å². The number of carbonyl (C=O) groups is 1. The Kier molecular flexibility index (Phi) is 5.45. The van der Waals surface area contributed by atoms with Gasteiger partial charge in [0, 0.05) is 16.9 Å². The van der Waals surface area contributed by atoms with Gasteiger partial charge in [-0.25, -0.2) is 8.42 Å². The van der Waals surface area contributed by atoms with Gasteiger partial charge >= 0.3 is 5.97 Å². The SMILES string of the molecule is CC(C)C[C@H](NS(=O)(=O)c1cncc(Br)c1)C(=O)O. The number of halogens is 1. The van der Waals surface area contributed by atoms with Crippen LogP contribution in [0.3, 0.4) is 0 Å². The van der Waals surface area contributed by atoms with Crippen LogP contribution < -0.4 is 4.72 Å². The zero-order valence-corrected chi connectivity index (χ0v) is 12.9. The van der Waals surface area contributed by atoms with Gasteiger partial charge < -0.3 is 5.11 Å². The number of carboxylic acid groups (broad SMARTS) is 1. The highest BCUT2D eigenvalue weighted by molar-refractivity contribution is 9.10. The Hall–Kier alpha value is -0.990. The minimum absolute atomic E-state index is 0.0597. The molecule has 1 heterocycles. The van der Waals surface area contributed by atoms with Gasteiger partial charge in [-0.1, -0.05) is 13.8 Å². The third kappa shape index (κ3) is 4.88. The predicted molar refractivity (Wildman–Crippen MR) is 73.1 cm³/mol. The lowest BCUT2D eigenvalue weighted by molar-refractivity contribution is -0.139. The van der Waals surface area contributed by atoms with E-state index in [-0.39, 0.29) is 17.2 Å². The predicted octanol–water partition coefficient (Wildman–Crippen LogP) is 1.62. The van der Waals surface area contributed by atoms with Crippen molar-refractivity contribution in [2.75, 3.05) is 0 Å². The molecule has 1 aromatic rings. The molecule has 6 nitrogen and oxygen atoms in total. The molecule has 0 saturated heterocycles. The van der Waals surface area contributed by atoms with Gasteiger partial charge in [-0.15, -0.1) is 0 Å². The zero-order chi connectivity index (χ0) is 14.6. The number of nitrogens with one attached hydrogen (secondary N) is 1. The van der Waals surface area contributed by atoms with E-state index in [0.717, 1.165) is 0 Å². The number of nitrogens with zero attached hydrogens (tertiary/aromatic N) is 1. The molecule has 2 N–H and O–H groups in total. The van der Waals surface area contributed by atoms with E-state index in [9.17, 15) is 13.2 Å². The van der Waals surface area contributed by atoms with Gasteiger partial charge in [0.1, 0.15) is 10.9 Å². The first-order valence-corrected chi connectivity index (χ1v) is 7.85. The molecule has 0 spiro atoms. The normalized spacial score (nSPS) is 13.5. The molecular weight excluding hydrogens is 336 g/mol. The Bertz CT molecular complexity index is 560. The van der Waals surface area contributed by atoms with Gasteiger partial charge in [-0.3, -0.25) is 9.78 Å². The molecule has 0 amide bonds. The highest BCUT2D eigenvalue weighted by Gasteiger charge is 2.26. The van der Waals surface area contributed by atoms with E-state index in [4.69, 9.17) is 5.11 Å². The molecule has 0 fully saturated rings. The molecule has 8 heteroatoms. The van der Waals surface area contributed by atoms with Crippen molar-refractivity contribution in [3.8, 4) is 0 Å². The van der Waals surface area contributed by atoms with Crippen molar-refractivity contribution in [2.24, 2.45) is 5.92 Å². The summed E-state index contributed by atoms with van der Waals surface area (Å²) in [4.78, 5) is 14.7. The Labute approximate surface area is 120 Å². The molecule has 1 rings (SSSR count). The smallest absolute Gasteiger partial charge is 0.321 e. The van der Waals surface area contributed by atoms with Crippen molar-refractivity contribution in [3.63, 3.8) is 0 Å². The van der Waals surface area contributed by atoms with Crippen molar-refractivity contribution < 1.29 is 18.3 Å². The van der Waals surface area contributed by atoms with Crippen LogP contribution in [0.15, 0.2) is 27.8 Å². The van der Waals surface area contributed by atoms with Crippen molar-refractivity contribution >= 4 is 31.9 Å². The summed E-state index contributed by atoms with van der Waals surface area (Å²) in [5, 5.41) is 9.04.